The highest BCUT2D eigenvalue weighted by Crippen LogP contribution is 2.27. The number of nitrogens with zero attached hydrogens (tertiary/aromatic N) is 6. The number of hydrogen-bond donors (Lipinski definition) is 2. The zero-order valence-electron chi connectivity index (χ0n) is 34.6. The van der Waals surface area contributed by atoms with E-state index in [1.54, 1.807) is 19.0 Å². The Balaban J connectivity index is 0.00000661. The number of likely N-dealkylation sites (tertiary alicyclic amines) is 2. The van der Waals surface area contributed by atoms with Crippen molar-refractivity contribution in [1.29, 1.82) is 0 Å². The van der Waals surface area contributed by atoms with Gasteiger partial charge in [0, 0.05) is 90.5 Å². The van der Waals surface area contributed by atoms with Crippen LogP contribution in [-0.4, -0.2) is 169 Å². The van der Waals surface area contributed by atoms with Crippen LogP contribution in [0.5, 0.6) is 5.75 Å². The maximum atomic E-state index is 14.2. The lowest BCUT2D eigenvalue weighted by atomic mass is 10.00. The first-order chi connectivity index (χ1) is 27.9. The summed E-state index contributed by atoms with van der Waals surface area (Å²) in [6.07, 6.45) is 3.60. The molecule has 0 bridgehead atoms. The molecule has 1 atom stereocenters. The number of phenolic OH excluding ortho intramolecular Hbond substituents is 1. The molecule has 59 heavy (non-hydrogen) atoms. The van der Waals surface area contributed by atoms with Crippen molar-refractivity contribution in [3.8, 4) is 5.75 Å². The van der Waals surface area contributed by atoms with E-state index in [-0.39, 0.29) is 62.5 Å². The number of piperazine rings is 1. The molecule has 15 heteroatoms. The maximum Gasteiger partial charge on any atom is 0.410 e. The summed E-state index contributed by atoms with van der Waals surface area (Å²) in [6, 6.07) is 11.8. The number of likely N-dealkylation sites (N-methyl/N-ethyl adjacent to an activating group) is 1. The minimum atomic E-state index is -1.02. The average molecular weight is 820 g/mol. The third-order valence-electron chi connectivity index (χ3n) is 12.2. The largest absolute Gasteiger partial charge is 0.507 e. The van der Waals surface area contributed by atoms with Crippen LogP contribution < -0.4 is 5.32 Å². The number of phenols is 1. The lowest BCUT2D eigenvalue weighted by Crippen LogP contribution is -2.56. The third kappa shape index (κ3) is 11.9. The van der Waals surface area contributed by atoms with Gasteiger partial charge in [-0.15, -0.1) is 0 Å². The monoisotopic (exact) mass is 819 g/mol. The molecule has 0 radical (unpaired) electrons. The Bertz CT molecular complexity index is 1760. The van der Waals surface area contributed by atoms with Crippen molar-refractivity contribution in [3.63, 3.8) is 0 Å². The molecular weight excluding hydrogens is 755 g/mol. The molecule has 2 aromatic carbocycles. The van der Waals surface area contributed by atoms with Gasteiger partial charge in [-0.2, -0.15) is 0 Å². The number of amides is 5. The number of carbonyl (C=O) groups is 5. The predicted octanol–water partition coefficient (Wildman–Crippen LogP) is 4.27. The molecule has 4 aliphatic rings. The van der Waals surface area contributed by atoms with Crippen molar-refractivity contribution in [1.82, 2.24) is 29.4 Å². The molecule has 0 spiro atoms. The highest BCUT2D eigenvalue weighted by Gasteiger charge is 2.36. The SMILES string of the molecule is C.Cc1cc(C[C@@H](OC(=O)N2CCC(N3CCc4ccccc4NC3=O)CC2)C(=O)N2CCN(C3CCN(CCCC(=O)OCC(=O)N(C)C)CC3)CC2)cc(C)c1O. The Labute approximate surface area is 349 Å². The summed E-state index contributed by atoms with van der Waals surface area (Å²) in [5.74, 6) is -0.592. The number of urea groups is 1. The number of piperidine rings is 2. The van der Waals surface area contributed by atoms with E-state index in [0.717, 1.165) is 68.8 Å². The Kier molecular flexibility index (Phi) is 16.0. The van der Waals surface area contributed by atoms with Crippen molar-refractivity contribution in [2.24, 2.45) is 0 Å². The van der Waals surface area contributed by atoms with Gasteiger partial charge in [0.1, 0.15) is 5.75 Å². The molecule has 324 valence electrons. The number of hydrogen-bond acceptors (Lipinski definition) is 10. The van der Waals surface area contributed by atoms with E-state index in [4.69, 9.17) is 9.47 Å². The molecule has 6 rings (SSSR count). The standard InChI is InChI=1S/C43H61N7O8.CH4/c1-30-26-32(27-31(2)40(30)53)28-37(58-43(56)49-19-14-35(15-20-49)50-21-11-33-8-5-6-9-36(33)44-42(50)55)41(54)48-24-22-47(23-25-48)34-12-17-46(18-13-34)16-7-10-39(52)57-29-38(51)45(3)4;/h5-6,8-9,26-27,34-35,37,53H,7,10-25,28-29H2,1-4H3,(H,44,55);1H4/t37-;/m1./s1. The maximum absolute atomic E-state index is 14.2. The number of benzene rings is 2. The lowest BCUT2D eigenvalue weighted by Gasteiger charge is -2.43. The Morgan fingerprint density at radius 3 is 2.17 bits per heavy atom. The molecule has 0 saturated carbocycles. The molecule has 2 N–H and O–H groups in total. The molecule has 2 aromatic rings. The number of nitrogens with one attached hydrogen (secondary N) is 1. The van der Waals surface area contributed by atoms with E-state index >= 15 is 0 Å². The van der Waals surface area contributed by atoms with Crippen molar-refractivity contribution in [2.45, 2.75) is 90.8 Å². The van der Waals surface area contributed by atoms with Crippen LogP contribution in [0.15, 0.2) is 36.4 Å². The molecule has 0 aliphatic carbocycles. The van der Waals surface area contributed by atoms with E-state index in [9.17, 15) is 29.1 Å². The molecule has 3 saturated heterocycles. The zero-order valence-corrected chi connectivity index (χ0v) is 34.6. The van der Waals surface area contributed by atoms with Crippen LogP contribution in [0.25, 0.3) is 0 Å². The summed E-state index contributed by atoms with van der Waals surface area (Å²) in [5, 5.41) is 13.5. The minimum absolute atomic E-state index is 0. The van der Waals surface area contributed by atoms with Crippen molar-refractivity contribution in [2.75, 3.05) is 91.5 Å². The number of anilines is 1. The van der Waals surface area contributed by atoms with E-state index in [0.29, 0.717) is 69.2 Å². The number of para-hydroxylation sites is 1. The second-order valence-electron chi connectivity index (χ2n) is 16.4. The first-order valence-corrected chi connectivity index (χ1v) is 20.9. The van der Waals surface area contributed by atoms with Crippen molar-refractivity contribution < 1.29 is 38.6 Å². The van der Waals surface area contributed by atoms with Gasteiger partial charge in [-0.3, -0.25) is 19.3 Å². The molecule has 5 amide bonds. The van der Waals surface area contributed by atoms with E-state index in [2.05, 4.69) is 15.1 Å². The van der Waals surface area contributed by atoms with Gasteiger partial charge in [0.15, 0.2) is 12.7 Å². The third-order valence-corrected chi connectivity index (χ3v) is 12.2. The van der Waals surface area contributed by atoms with Crippen LogP contribution in [0.3, 0.4) is 0 Å². The minimum Gasteiger partial charge on any atom is -0.507 e. The number of ether oxygens (including phenoxy) is 2. The summed E-state index contributed by atoms with van der Waals surface area (Å²) in [7, 11) is 3.26. The predicted molar refractivity (Wildman–Crippen MR) is 225 cm³/mol. The van der Waals surface area contributed by atoms with E-state index < -0.39 is 12.2 Å². The molecule has 15 nitrogen and oxygen atoms in total. The highest BCUT2D eigenvalue weighted by atomic mass is 16.6. The van der Waals surface area contributed by atoms with Crippen LogP contribution in [0.4, 0.5) is 15.3 Å². The highest BCUT2D eigenvalue weighted by molar-refractivity contribution is 5.91. The van der Waals surface area contributed by atoms with Crippen LogP contribution in [0, 0.1) is 13.8 Å². The molecule has 4 heterocycles. The molecule has 0 unspecified atom stereocenters. The fourth-order valence-corrected chi connectivity index (χ4v) is 8.66. The van der Waals surface area contributed by atoms with Crippen LogP contribution in [0.1, 0.15) is 68.2 Å². The average Bonchev–Trinajstić information content (AvgIpc) is 3.39. The number of aryl methyl sites for hydroxylation is 2. The number of aromatic hydroxyl groups is 1. The Morgan fingerprint density at radius 2 is 1.51 bits per heavy atom. The van der Waals surface area contributed by atoms with Crippen LogP contribution >= 0.6 is 0 Å². The van der Waals surface area contributed by atoms with Crippen LogP contribution in [0.2, 0.25) is 0 Å². The second-order valence-corrected chi connectivity index (χ2v) is 16.4. The van der Waals surface area contributed by atoms with Gasteiger partial charge in [-0.25, -0.2) is 9.59 Å². The topological polar surface area (TPSA) is 156 Å². The van der Waals surface area contributed by atoms with E-state index in [1.165, 1.54) is 4.90 Å². The first kappa shape index (κ1) is 45.2. The fraction of sp³-hybridized carbons (Fsp3) is 0.614. The van der Waals surface area contributed by atoms with Gasteiger partial charge in [-0.05, 0) is 100 Å². The van der Waals surface area contributed by atoms with Gasteiger partial charge < -0.3 is 44.4 Å². The zero-order chi connectivity index (χ0) is 41.3. The smallest absolute Gasteiger partial charge is 0.410 e. The van der Waals surface area contributed by atoms with E-state index in [1.807, 2.05) is 60.0 Å². The fourth-order valence-electron chi connectivity index (χ4n) is 8.66. The normalized spacial score (nSPS) is 18.8. The van der Waals surface area contributed by atoms with Gasteiger partial charge in [0.05, 0.1) is 0 Å². The lowest BCUT2D eigenvalue weighted by molar-refractivity contribution is -0.151. The quantitative estimate of drug-likeness (QED) is 0.297. The second kappa shape index (κ2) is 20.9. The van der Waals surface area contributed by atoms with Gasteiger partial charge in [-0.1, -0.05) is 37.8 Å². The van der Waals surface area contributed by atoms with Crippen molar-refractivity contribution in [3.05, 3.63) is 58.7 Å². The van der Waals surface area contributed by atoms with Gasteiger partial charge in [0.25, 0.3) is 11.8 Å². The number of esters is 1. The molecule has 0 aromatic heterocycles. The van der Waals surface area contributed by atoms with Gasteiger partial charge >= 0.3 is 18.1 Å². The van der Waals surface area contributed by atoms with Crippen molar-refractivity contribution >= 4 is 35.6 Å². The summed E-state index contributed by atoms with van der Waals surface area (Å²) >= 11 is 0. The van der Waals surface area contributed by atoms with Crippen LogP contribution in [-0.2, 0) is 36.7 Å². The Morgan fingerprint density at radius 1 is 0.864 bits per heavy atom. The molecule has 3 fully saturated rings. The first-order valence-electron chi connectivity index (χ1n) is 20.9. The summed E-state index contributed by atoms with van der Waals surface area (Å²) in [4.78, 5) is 76.4. The summed E-state index contributed by atoms with van der Waals surface area (Å²) < 4.78 is 11.2. The Hall–Kier alpha value is -4.89. The van der Waals surface area contributed by atoms with Gasteiger partial charge in [0.2, 0.25) is 0 Å². The number of rotatable bonds is 12. The number of carbonyl (C=O) groups excluding carboxylic acids is 5. The molecular formula is C44H65N7O8. The summed E-state index contributed by atoms with van der Waals surface area (Å²) in [5.41, 5.74) is 4.16. The summed E-state index contributed by atoms with van der Waals surface area (Å²) in [6.45, 7) is 10.0. The molecule has 4 aliphatic heterocycles. The number of fused-ring (bicyclic) bond motifs is 1.